The zero-order valence-electron chi connectivity index (χ0n) is 15.7. The summed E-state index contributed by atoms with van der Waals surface area (Å²) >= 11 is 0. The maximum Gasteiger partial charge on any atom is 0.229 e. The van der Waals surface area contributed by atoms with Crippen LogP contribution in [0.25, 0.3) is 0 Å². The number of sulfone groups is 1. The molecule has 2 heterocycles. The Morgan fingerprint density at radius 2 is 1.89 bits per heavy atom. The van der Waals surface area contributed by atoms with Gasteiger partial charge in [0, 0.05) is 29.8 Å². The predicted molar refractivity (Wildman–Crippen MR) is 107 cm³/mol. The number of sulfonamides is 1. The molecule has 28 heavy (non-hydrogen) atoms. The average Bonchev–Trinajstić information content (AvgIpc) is 2.89. The number of hydrogen-bond donors (Lipinski definition) is 2. The fourth-order valence-electron chi connectivity index (χ4n) is 4.22. The summed E-state index contributed by atoms with van der Waals surface area (Å²) in [4.78, 5) is 13.0. The van der Waals surface area contributed by atoms with Crippen molar-refractivity contribution < 1.29 is 21.6 Å². The van der Waals surface area contributed by atoms with E-state index >= 15 is 0 Å². The molecule has 9 heteroatoms. The van der Waals surface area contributed by atoms with Crippen LogP contribution < -0.4 is 10.0 Å². The van der Waals surface area contributed by atoms with E-state index in [-0.39, 0.29) is 16.4 Å². The summed E-state index contributed by atoms with van der Waals surface area (Å²) in [7, 11) is -6.98. The second-order valence-corrected chi connectivity index (χ2v) is 11.4. The Hall–Kier alpha value is -2.13. The van der Waals surface area contributed by atoms with Gasteiger partial charge in [-0.1, -0.05) is 12.1 Å². The molecule has 0 spiro atoms. The van der Waals surface area contributed by atoms with E-state index in [4.69, 9.17) is 0 Å². The molecule has 0 amide bonds. The predicted octanol–water partition coefficient (Wildman–Crippen LogP) is 2.09. The van der Waals surface area contributed by atoms with Gasteiger partial charge >= 0.3 is 0 Å². The average molecular weight is 423 g/mol. The summed E-state index contributed by atoms with van der Waals surface area (Å²) in [5, 5.41) is 3.22. The molecule has 3 aliphatic rings. The van der Waals surface area contributed by atoms with Gasteiger partial charge < -0.3 is 5.32 Å². The molecule has 0 saturated heterocycles. The fraction of sp³-hybridized carbons (Fsp3) is 0.421. The Balaban J connectivity index is 1.92. The highest BCUT2D eigenvalue weighted by Gasteiger charge is 2.44. The number of carbonyl (C=O) groups excluding carboxylic acids is 1. The van der Waals surface area contributed by atoms with Crippen LogP contribution in [-0.4, -0.2) is 34.6 Å². The van der Waals surface area contributed by atoms with E-state index in [0.717, 1.165) is 23.9 Å². The van der Waals surface area contributed by atoms with Gasteiger partial charge in [0.05, 0.1) is 28.5 Å². The number of nitrogens with one attached hydrogen (secondary N) is 2. The number of rotatable bonds is 3. The maximum absolute atomic E-state index is 12.8. The molecule has 0 fully saturated rings. The summed E-state index contributed by atoms with van der Waals surface area (Å²) < 4.78 is 51.5. The number of carbonyl (C=O) groups is 1. The molecular formula is C19H22N2O5S2. The van der Waals surface area contributed by atoms with Gasteiger partial charge in [-0.3, -0.25) is 9.52 Å². The van der Waals surface area contributed by atoms with Crippen molar-refractivity contribution in [3.05, 3.63) is 51.2 Å². The van der Waals surface area contributed by atoms with Crippen LogP contribution >= 0.6 is 0 Å². The Kier molecular flexibility index (Phi) is 4.42. The maximum atomic E-state index is 12.8. The van der Waals surface area contributed by atoms with Crippen LogP contribution in [-0.2, 0) is 24.7 Å². The molecule has 0 radical (unpaired) electrons. The first-order chi connectivity index (χ1) is 13.1. The second-order valence-electron chi connectivity index (χ2n) is 7.59. The number of Topliss-reactive ketones (excluding diaryl/α,β-unsaturated/α-hetero) is 1. The van der Waals surface area contributed by atoms with Crippen molar-refractivity contribution in [3.8, 4) is 0 Å². The molecule has 0 aromatic heterocycles. The van der Waals surface area contributed by atoms with Gasteiger partial charge in [-0.2, -0.15) is 0 Å². The van der Waals surface area contributed by atoms with Gasteiger partial charge in [-0.05, 0) is 37.0 Å². The van der Waals surface area contributed by atoms with Gasteiger partial charge in [0.1, 0.15) is 0 Å². The van der Waals surface area contributed by atoms with Gasteiger partial charge in [0.2, 0.25) is 10.0 Å². The number of anilines is 1. The Morgan fingerprint density at radius 3 is 2.61 bits per heavy atom. The third-order valence-electron chi connectivity index (χ3n) is 5.45. The highest BCUT2D eigenvalue weighted by atomic mass is 32.2. The zero-order valence-corrected chi connectivity index (χ0v) is 17.3. The van der Waals surface area contributed by atoms with Gasteiger partial charge in [-0.15, -0.1) is 0 Å². The topological polar surface area (TPSA) is 109 Å². The minimum atomic E-state index is -3.49. The van der Waals surface area contributed by atoms with Gasteiger partial charge in [-0.25, -0.2) is 16.8 Å². The molecule has 1 aromatic rings. The molecule has 4 rings (SSSR count). The standard InChI is InChI=1S/C19H22N2O5S2/c1-11-6-7-12(10-15(11)21-27(2,23)24)17-18-13(4-3-5-16(18)22)20-14-8-9-28(25,26)19(14)17/h6-7,10,17,20-21H,3-5,8-9H2,1-2H3. The molecule has 150 valence electrons. The number of hydrogen-bond acceptors (Lipinski definition) is 6. The minimum absolute atomic E-state index is 0.0240. The van der Waals surface area contributed by atoms with Crippen LogP contribution in [0.5, 0.6) is 0 Å². The molecule has 1 atom stereocenters. The summed E-state index contributed by atoms with van der Waals surface area (Å²) in [5.41, 5.74) is 3.69. The normalized spacial score (nSPS) is 23.9. The molecule has 1 aromatic carbocycles. The number of dihydropyridines is 1. The van der Waals surface area contributed by atoms with Crippen LogP contribution in [0.15, 0.2) is 40.1 Å². The van der Waals surface area contributed by atoms with Crippen LogP contribution in [0, 0.1) is 6.92 Å². The summed E-state index contributed by atoms with van der Waals surface area (Å²) in [6.45, 7) is 1.77. The molecule has 2 aliphatic heterocycles. The van der Waals surface area contributed by atoms with E-state index in [0.29, 0.717) is 41.8 Å². The van der Waals surface area contributed by atoms with Crippen LogP contribution in [0.2, 0.25) is 0 Å². The second kappa shape index (κ2) is 6.45. The molecule has 7 nitrogen and oxygen atoms in total. The van der Waals surface area contributed by atoms with E-state index in [1.54, 1.807) is 25.1 Å². The monoisotopic (exact) mass is 422 g/mol. The van der Waals surface area contributed by atoms with E-state index in [9.17, 15) is 21.6 Å². The quantitative estimate of drug-likeness (QED) is 0.772. The fourth-order valence-corrected chi connectivity index (χ4v) is 6.68. The molecule has 2 N–H and O–H groups in total. The van der Waals surface area contributed by atoms with Crippen molar-refractivity contribution in [2.75, 3.05) is 16.7 Å². The largest absolute Gasteiger partial charge is 0.361 e. The van der Waals surface area contributed by atoms with Crippen LogP contribution in [0.1, 0.15) is 42.7 Å². The highest BCUT2D eigenvalue weighted by Crippen LogP contribution is 2.47. The first-order valence-corrected chi connectivity index (χ1v) is 12.7. The van der Waals surface area contributed by atoms with Crippen molar-refractivity contribution >= 4 is 31.3 Å². The molecule has 1 unspecified atom stereocenters. The van der Waals surface area contributed by atoms with Gasteiger partial charge in [0.15, 0.2) is 15.6 Å². The molecular weight excluding hydrogens is 400 g/mol. The van der Waals surface area contributed by atoms with E-state index < -0.39 is 25.8 Å². The Bertz CT molecular complexity index is 1160. The van der Waals surface area contributed by atoms with Crippen molar-refractivity contribution in [1.82, 2.24) is 5.32 Å². The number of aryl methyl sites for hydroxylation is 1. The third kappa shape index (κ3) is 3.26. The first kappa shape index (κ1) is 19.2. The molecule has 1 aliphatic carbocycles. The minimum Gasteiger partial charge on any atom is -0.361 e. The number of ketones is 1. The van der Waals surface area contributed by atoms with E-state index in [1.165, 1.54) is 0 Å². The van der Waals surface area contributed by atoms with Crippen molar-refractivity contribution in [1.29, 1.82) is 0 Å². The lowest BCUT2D eigenvalue weighted by Crippen LogP contribution is -2.32. The summed E-state index contributed by atoms with van der Waals surface area (Å²) in [6.07, 6.45) is 3.30. The molecule has 0 saturated carbocycles. The summed E-state index contributed by atoms with van der Waals surface area (Å²) in [5.74, 6) is -0.714. The first-order valence-electron chi connectivity index (χ1n) is 9.14. The summed E-state index contributed by atoms with van der Waals surface area (Å²) in [6, 6.07) is 5.18. The van der Waals surface area contributed by atoms with Crippen LogP contribution in [0.3, 0.4) is 0 Å². The van der Waals surface area contributed by atoms with Crippen molar-refractivity contribution in [2.45, 2.75) is 38.5 Å². The SMILES string of the molecule is Cc1ccc(C2C3=C(CCCC3=O)NC3=C2S(=O)(=O)CC3)cc1NS(C)(=O)=O. The number of benzene rings is 1. The van der Waals surface area contributed by atoms with E-state index in [1.807, 2.05) is 0 Å². The van der Waals surface area contributed by atoms with Crippen LogP contribution in [0.4, 0.5) is 5.69 Å². The molecule has 0 bridgehead atoms. The van der Waals surface area contributed by atoms with Gasteiger partial charge in [0.25, 0.3) is 0 Å². The number of allylic oxidation sites excluding steroid dienone is 4. The smallest absolute Gasteiger partial charge is 0.229 e. The Morgan fingerprint density at radius 1 is 1.14 bits per heavy atom. The highest BCUT2D eigenvalue weighted by molar-refractivity contribution is 7.95. The van der Waals surface area contributed by atoms with Crippen molar-refractivity contribution in [2.24, 2.45) is 0 Å². The zero-order chi connectivity index (χ0) is 20.3. The lowest BCUT2D eigenvalue weighted by molar-refractivity contribution is -0.116. The lowest BCUT2D eigenvalue weighted by Gasteiger charge is -2.33. The third-order valence-corrected chi connectivity index (χ3v) is 7.94. The van der Waals surface area contributed by atoms with Crippen molar-refractivity contribution in [3.63, 3.8) is 0 Å². The lowest BCUT2D eigenvalue weighted by atomic mass is 9.79. The van der Waals surface area contributed by atoms with E-state index in [2.05, 4.69) is 10.0 Å². The Labute approximate surface area is 164 Å².